The molecule has 6 nitrogen and oxygen atoms in total. The van der Waals surface area contributed by atoms with Crippen molar-refractivity contribution in [1.82, 2.24) is 4.72 Å². The van der Waals surface area contributed by atoms with E-state index in [1.807, 2.05) is 18.2 Å². The highest BCUT2D eigenvalue weighted by atomic mass is 32.2. The van der Waals surface area contributed by atoms with Crippen molar-refractivity contribution in [1.29, 1.82) is 0 Å². The predicted octanol–water partition coefficient (Wildman–Crippen LogP) is 3.37. The molecule has 0 saturated carbocycles. The van der Waals surface area contributed by atoms with Gasteiger partial charge in [0.25, 0.3) is 0 Å². The van der Waals surface area contributed by atoms with Crippen molar-refractivity contribution in [3.63, 3.8) is 0 Å². The number of para-hydroxylation sites is 1. The summed E-state index contributed by atoms with van der Waals surface area (Å²) < 4.78 is 36.9. The first-order valence-corrected chi connectivity index (χ1v) is 14.9. The van der Waals surface area contributed by atoms with Crippen LogP contribution in [0.2, 0.25) is 25.7 Å². The van der Waals surface area contributed by atoms with Gasteiger partial charge in [-0.1, -0.05) is 31.8 Å². The first-order valence-electron chi connectivity index (χ1n) is 8.75. The SMILES string of the molecule is COC(=O)C(C)(Sc1ccccc1OC)C(C)NS(=O)(=O)CC[Si](C)(C)C. The number of esters is 1. The van der Waals surface area contributed by atoms with Crippen LogP contribution in [-0.2, 0) is 19.6 Å². The van der Waals surface area contributed by atoms with Gasteiger partial charge in [-0.15, -0.1) is 11.8 Å². The highest BCUT2D eigenvalue weighted by Crippen LogP contribution is 2.41. The van der Waals surface area contributed by atoms with Crippen molar-refractivity contribution in [2.24, 2.45) is 0 Å². The molecule has 2 atom stereocenters. The minimum Gasteiger partial charge on any atom is -0.496 e. The second-order valence-corrected chi connectivity index (χ2v) is 16.8. The fourth-order valence-corrected chi connectivity index (χ4v) is 8.07. The summed E-state index contributed by atoms with van der Waals surface area (Å²) in [7, 11) is -2.16. The molecule has 0 fully saturated rings. The molecule has 0 bridgehead atoms. The molecule has 27 heavy (non-hydrogen) atoms. The third kappa shape index (κ3) is 7.13. The number of methoxy groups -OCH3 is 2. The molecule has 154 valence electrons. The van der Waals surface area contributed by atoms with Gasteiger partial charge in [0, 0.05) is 14.1 Å². The van der Waals surface area contributed by atoms with E-state index in [1.54, 1.807) is 27.0 Å². The molecule has 1 aromatic carbocycles. The lowest BCUT2D eigenvalue weighted by molar-refractivity contribution is -0.143. The van der Waals surface area contributed by atoms with Gasteiger partial charge in [0.1, 0.15) is 10.5 Å². The molecule has 0 aliphatic rings. The molecular formula is C18H31NO5S2Si. The summed E-state index contributed by atoms with van der Waals surface area (Å²) >= 11 is 1.23. The Morgan fingerprint density at radius 3 is 2.37 bits per heavy atom. The third-order valence-corrected chi connectivity index (χ3v) is 9.35. The number of nitrogens with one attached hydrogen (secondary N) is 1. The van der Waals surface area contributed by atoms with Gasteiger partial charge in [-0.05, 0) is 32.0 Å². The highest BCUT2D eigenvalue weighted by Gasteiger charge is 2.43. The average molecular weight is 434 g/mol. The quantitative estimate of drug-likeness (QED) is 0.346. The van der Waals surface area contributed by atoms with E-state index >= 15 is 0 Å². The molecular weight excluding hydrogens is 402 g/mol. The van der Waals surface area contributed by atoms with Crippen LogP contribution >= 0.6 is 11.8 Å². The molecule has 1 aromatic rings. The summed E-state index contributed by atoms with van der Waals surface area (Å²) in [6.07, 6.45) is 0. The number of sulfonamides is 1. The Morgan fingerprint density at radius 1 is 1.26 bits per heavy atom. The van der Waals surface area contributed by atoms with E-state index in [2.05, 4.69) is 24.4 Å². The van der Waals surface area contributed by atoms with Gasteiger partial charge in [0.2, 0.25) is 10.0 Å². The van der Waals surface area contributed by atoms with Crippen molar-refractivity contribution in [3.8, 4) is 5.75 Å². The first kappa shape index (κ1) is 24.0. The first-order chi connectivity index (χ1) is 12.3. The van der Waals surface area contributed by atoms with Gasteiger partial charge in [-0.3, -0.25) is 4.79 Å². The summed E-state index contributed by atoms with van der Waals surface area (Å²) in [6, 6.07) is 7.28. The Balaban J connectivity index is 3.09. The summed E-state index contributed by atoms with van der Waals surface area (Å²) in [6.45, 7) is 9.75. The van der Waals surface area contributed by atoms with Gasteiger partial charge >= 0.3 is 5.97 Å². The Morgan fingerprint density at radius 2 is 1.85 bits per heavy atom. The van der Waals surface area contributed by atoms with Crippen LogP contribution < -0.4 is 9.46 Å². The lowest BCUT2D eigenvalue weighted by atomic mass is 10.0. The molecule has 1 rings (SSSR count). The van der Waals surface area contributed by atoms with E-state index in [1.165, 1.54) is 18.9 Å². The Labute approximate surface area is 168 Å². The maximum Gasteiger partial charge on any atom is 0.323 e. The molecule has 0 spiro atoms. The standard InChI is InChI=1S/C18H31NO5S2Si/c1-14(19-26(21,22)12-13-27(5,6)7)18(2,17(20)24-4)25-16-11-9-8-10-15(16)23-3/h8-11,14,19H,12-13H2,1-7H3. The lowest BCUT2D eigenvalue weighted by Crippen LogP contribution is -2.52. The maximum absolute atomic E-state index is 12.6. The lowest BCUT2D eigenvalue weighted by Gasteiger charge is -2.33. The van der Waals surface area contributed by atoms with Crippen LogP contribution in [0.1, 0.15) is 13.8 Å². The highest BCUT2D eigenvalue weighted by molar-refractivity contribution is 8.01. The van der Waals surface area contributed by atoms with E-state index in [0.717, 1.165) is 4.90 Å². The van der Waals surface area contributed by atoms with Crippen molar-refractivity contribution in [2.75, 3.05) is 20.0 Å². The van der Waals surface area contributed by atoms with E-state index < -0.39 is 34.9 Å². The molecule has 0 saturated heterocycles. The van der Waals surface area contributed by atoms with Crippen LogP contribution in [0, 0.1) is 0 Å². The predicted molar refractivity (Wildman–Crippen MR) is 114 cm³/mol. The molecule has 0 heterocycles. The largest absolute Gasteiger partial charge is 0.496 e. The minimum absolute atomic E-state index is 0.0592. The number of carbonyl (C=O) groups is 1. The van der Waals surface area contributed by atoms with Crippen LogP contribution in [-0.4, -0.2) is 53.2 Å². The average Bonchev–Trinajstić information content (AvgIpc) is 2.58. The summed E-state index contributed by atoms with van der Waals surface area (Å²) in [5.41, 5.74) is 0. The minimum atomic E-state index is -3.51. The normalized spacial score (nSPS) is 15.7. The topological polar surface area (TPSA) is 81.7 Å². The zero-order valence-electron chi connectivity index (χ0n) is 17.2. The molecule has 9 heteroatoms. The monoisotopic (exact) mass is 433 g/mol. The molecule has 0 aromatic heterocycles. The summed E-state index contributed by atoms with van der Waals surface area (Å²) in [4.78, 5) is 13.3. The van der Waals surface area contributed by atoms with E-state index in [0.29, 0.717) is 11.8 Å². The van der Waals surface area contributed by atoms with Crippen LogP contribution in [0.4, 0.5) is 0 Å². The Hall–Kier alpha value is -1.03. The van der Waals surface area contributed by atoms with Crippen molar-refractivity contribution < 1.29 is 22.7 Å². The van der Waals surface area contributed by atoms with Crippen LogP contribution in [0.3, 0.4) is 0 Å². The van der Waals surface area contributed by atoms with Crippen molar-refractivity contribution in [2.45, 2.75) is 55.2 Å². The van der Waals surface area contributed by atoms with Crippen molar-refractivity contribution >= 4 is 35.8 Å². The number of hydrogen-bond donors (Lipinski definition) is 1. The smallest absolute Gasteiger partial charge is 0.323 e. The van der Waals surface area contributed by atoms with Gasteiger partial charge in [-0.25, -0.2) is 13.1 Å². The second-order valence-electron chi connectivity index (χ2n) is 7.82. The van der Waals surface area contributed by atoms with E-state index in [9.17, 15) is 13.2 Å². The zero-order chi connectivity index (χ0) is 20.9. The van der Waals surface area contributed by atoms with E-state index in [-0.39, 0.29) is 5.75 Å². The second kappa shape index (κ2) is 9.44. The van der Waals surface area contributed by atoms with Gasteiger partial charge < -0.3 is 9.47 Å². The molecule has 0 amide bonds. The maximum atomic E-state index is 12.6. The number of hydrogen-bond acceptors (Lipinski definition) is 6. The molecule has 1 N–H and O–H groups in total. The van der Waals surface area contributed by atoms with Crippen LogP contribution in [0.25, 0.3) is 0 Å². The van der Waals surface area contributed by atoms with Crippen LogP contribution in [0.15, 0.2) is 29.2 Å². The third-order valence-electron chi connectivity index (χ3n) is 4.29. The molecule has 2 unspecified atom stereocenters. The Bertz CT molecular complexity index is 748. The molecule has 0 aliphatic heterocycles. The molecule has 0 aliphatic carbocycles. The summed E-state index contributed by atoms with van der Waals surface area (Å²) in [5.74, 6) is 0.175. The number of thioether (sulfide) groups is 1. The van der Waals surface area contributed by atoms with Crippen molar-refractivity contribution in [3.05, 3.63) is 24.3 Å². The Kier molecular flexibility index (Phi) is 8.40. The fraction of sp³-hybridized carbons (Fsp3) is 0.611. The number of ether oxygens (including phenoxy) is 2. The molecule has 0 radical (unpaired) electrons. The van der Waals surface area contributed by atoms with Crippen LogP contribution in [0.5, 0.6) is 5.75 Å². The number of benzene rings is 1. The number of rotatable bonds is 10. The van der Waals surface area contributed by atoms with Gasteiger partial charge in [0.15, 0.2) is 0 Å². The van der Waals surface area contributed by atoms with E-state index in [4.69, 9.17) is 9.47 Å². The number of carbonyl (C=O) groups excluding carboxylic acids is 1. The summed E-state index contributed by atoms with van der Waals surface area (Å²) in [5, 5.41) is 0. The zero-order valence-corrected chi connectivity index (χ0v) is 19.8. The van der Waals surface area contributed by atoms with Gasteiger partial charge in [-0.2, -0.15) is 0 Å². The van der Waals surface area contributed by atoms with Gasteiger partial charge in [0.05, 0.1) is 24.9 Å². The fourth-order valence-electron chi connectivity index (χ4n) is 2.32.